The number of hydrogen-bond donors (Lipinski definition) is 4. The molecule has 0 aromatic heterocycles. The molecule has 0 unspecified atom stereocenters. The summed E-state index contributed by atoms with van der Waals surface area (Å²) in [6, 6.07) is 6.58. The standard InChI is InChI=1S/C9H13BO4.BH2O2/c1-13-6-7-14-9-4-2-8(3-5-9)10(11)12;2-1-3/h2-5,11-12H,6-7H2,1H3;2-3H. The molecule has 1 aromatic rings. The van der Waals surface area contributed by atoms with Crippen molar-refractivity contribution in [3.8, 4) is 5.75 Å². The molecule has 1 aromatic carbocycles. The Morgan fingerprint density at radius 3 is 2.06 bits per heavy atom. The number of methoxy groups -OCH3 is 1. The van der Waals surface area contributed by atoms with Crippen LogP contribution in [0.2, 0.25) is 0 Å². The topological polar surface area (TPSA) is 99.4 Å². The molecule has 0 heterocycles. The summed E-state index contributed by atoms with van der Waals surface area (Å²) in [4.78, 5) is 0. The molecule has 17 heavy (non-hydrogen) atoms. The molecular formula is C9H15B2O6. The van der Waals surface area contributed by atoms with E-state index in [1.54, 1.807) is 31.4 Å². The molecule has 0 bridgehead atoms. The van der Waals surface area contributed by atoms with Crippen molar-refractivity contribution < 1.29 is 29.6 Å². The maximum Gasteiger partial charge on any atom is 0.488 e. The number of hydrogen-bond acceptors (Lipinski definition) is 6. The molecule has 0 aliphatic heterocycles. The van der Waals surface area contributed by atoms with Crippen molar-refractivity contribution in [2.24, 2.45) is 0 Å². The van der Waals surface area contributed by atoms with Crippen LogP contribution >= 0.6 is 0 Å². The van der Waals surface area contributed by atoms with Gasteiger partial charge in [-0.15, -0.1) is 0 Å². The zero-order chi connectivity index (χ0) is 13.1. The molecule has 6 nitrogen and oxygen atoms in total. The van der Waals surface area contributed by atoms with Crippen LogP contribution in [0, 0.1) is 0 Å². The molecule has 0 fully saturated rings. The van der Waals surface area contributed by atoms with Crippen molar-refractivity contribution in [2.75, 3.05) is 20.3 Å². The third-order valence-electron chi connectivity index (χ3n) is 1.73. The predicted octanol–water partition coefficient (Wildman–Crippen LogP) is -2.10. The summed E-state index contributed by atoms with van der Waals surface area (Å²) in [7, 11) is 0.178. The Kier molecular flexibility index (Phi) is 9.50. The first kappa shape index (κ1) is 15.9. The minimum Gasteiger partial charge on any atom is -0.491 e. The highest BCUT2D eigenvalue weighted by Gasteiger charge is 2.09. The van der Waals surface area contributed by atoms with Crippen LogP contribution in [0.25, 0.3) is 0 Å². The number of benzene rings is 1. The minimum absolute atomic E-state index is 0. The highest BCUT2D eigenvalue weighted by molar-refractivity contribution is 6.58. The van der Waals surface area contributed by atoms with Crippen molar-refractivity contribution in [2.45, 2.75) is 0 Å². The average molecular weight is 241 g/mol. The molecular weight excluding hydrogens is 226 g/mol. The second kappa shape index (κ2) is 10.1. The van der Waals surface area contributed by atoms with E-state index in [1.165, 1.54) is 0 Å². The SMILES string of the molecule is COCCOc1ccc(B(O)O)cc1.O[B]O. The predicted molar refractivity (Wildman–Crippen MR) is 63.8 cm³/mol. The van der Waals surface area contributed by atoms with Crippen molar-refractivity contribution in [1.29, 1.82) is 0 Å². The molecule has 0 atom stereocenters. The summed E-state index contributed by atoms with van der Waals surface area (Å²) in [6.45, 7) is 1.02. The summed E-state index contributed by atoms with van der Waals surface area (Å²) in [5.74, 6) is 0.687. The Morgan fingerprint density at radius 1 is 1.12 bits per heavy atom. The van der Waals surface area contributed by atoms with E-state index >= 15 is 0 Å². The lowest BCUT2D eigenvalue weighted by molar-refractivity contribution is 0.146. The first-order chi connectivity index (χ1) is 8.15. The fraction of sp³-hybridized carbons (Fsp3) is 0.333. The van der Waals surface area contributed by atoms with Gasteiger partial charge in [-0.3, -0.25) is 0 Å². The zero-order valence-corrected chi connectivity index (χ0v) is 9.48. The van der Waals surface area contributed by atoms with Crippen molar-refractivity contribution in [1.82, 2.24) is 0 Å². The summed E-state index contributed by atoms with van der Waals surface area (Å²) in [6.07, 6.45) is 0. The molecule has 93 valence electrons. The Labute approximate surface area is 101 Å². The van der Waals surface area contributed by atoms with E-state index < -0.39 is 7.12 Å². The third kappa shape index (κ3) is 7.78. The van der Waals surface area contributed by atoms with Gasteiger partial charge < -0.3 is 29.6 Å². The lowest BCUT2D eigenvalue weighted by Crippen LogP contribution is -2.29. The molecule has 0 saturated heterocycles. The smallest absolute Gasteiger partial charge is 0.488 e. The maximum atomic E-state index is 8.82. The molecule has 8 heteroatoms. The Morgan fingerprint density at radius 2 is 1.65 bits per heavy atom. The van der Waals surface area contributed by atoms with Gasteiger partial charge >= 0.3 is 14.8 Å². The van der Waals surface area contributed by atoms with Gasteiger partial charge in [0, 0.05) is 7.11 Å². The van der Waals surface area contributed by atoms with Gasteiger partial charge in [0.1, 0.15) is 12.4 Å². The van der Waals surface area contributed by atoms with Crippen LogP contribution in [0.1, 0.15) is 0 Å². The van der Waals surface area contributed by atoms with Crippen LogP contribution in [0.15, 0.2) is 24.3 Å². The maximum absolute atomic E-state index is 8.82. The Hall–Kier alpha value is -1.05. The van der Waals surface area contributed by atoms with Crippen LogP contribution in [-0.2, 0) is 4.74 Å². The Bertz CT molecular complexity index is 279. The van der Waals surface area contributed by atoms with Gasteiger partial charge in [0.15, 0.2) is 0 Å². The first-order valence-corrected chi connectivity index (χ1v) is 4.83. The van der Waals surface area contributed by atoms with Gasteiger partial charge in [-0.1, -0.05) is 12.1 Å². The lowest BCUT2D eigenvalue weighted by Gasteiger charge is -2.05. The van der Waals surface area contributed by atoms with Gasteiger partial charge in [0.25, 0.3) is 0 Å². The van der Waals surface area contributed by atoms with Crippen LogP contribution < -0.4 is 10.2 Å². The molecule has 0 spiro atoms. The monoisotopic (exact) mass is 241 g/mol. The Balaban J connectivity index is 0.000000770. The molecule has 4 N–H and O–H groups in total. The van der Waals surface area contributed by atoms with E-state index in [2.05, 4.69) is 0 Å². The van der Waals surface area contributed by atoms with Gasteiger partial charge in [0.05, 0.1) is 6.61 Å². The summed E-state index contributed by atoms with van der Waals surface area (Å²) in [5, 5.41) is 31.6. The van der Waals surface area contributed by atoms with Crippen molar-refractivity contribution >= 4 is 20.3 Å². The fourth-order valence-electron chi connectivity index (χ4n) is 0.979. The first-order valence-electron chi connectivity index (χ1n) is 4.83. The number of rotatable bonds is 5. The third-order valence-corrected chi connectivity index (χ3v) is 1.73. The lowest BCUT2D eigenvalue weighted by atomic mass is 9.80. The van der Waals surface area contributed by atoms with Crippen LogP contribution in [0.5, 0.6) is 5.75 Å². The second-order valence-electron chi connectivity index (χ2n) is 2.90. The van der Waals surface area contributed by atoms with Crippen molar-refractivity contribution in [3.05, 3.63) is 24.3 Å². The van der Waals surface area contributed by atoms with E-state index in [0.29, 0.717) is 24.4 Å². The number of ether oxygens (including phenoxy) is 2. The van der Waals surface area contributed by atoms with Crippen LogP contribution in [-0.4, -0.2) is 55.2 Å². The van der Waals surface area contributed by atoms with Gasteiger partial charge in [0.2, 0.25) is 0 Å². The highest BCUT2D eigenvalue weighted by Crippen LogP contribution is 2.07. The zero-order valence-electron chi connectivity index (χ0n) is 9.48. The molecule has 0 aliphatic rings. The normalized spacial score (nSPS) is 9.00. The van der Waals surface area contributed by atoms with E-state index in [-0.39, 0.29) is 7.69 Å². The average Bonchev–Trinajstić information content (AvgIpc) is 2.31. The second-order valence-corrected chi connectivity index (χ2v) is 2.90. The molecule has 0 amide bonds. The summed E-state index contributed by atoms with van der Waals surface area (Å²) in [5.41, 5.74) is 0.448. The quantitative estimate of drug-likeness (QED) is 0.348. The van der Waals surface area contributed by atoms with Crippen LogP contribution in [0.4, 0.5) is 0 Å². The van der Waals surface area contributed by atoms with E-state index in [1.807, 2.05) is 0 Å². The largest absolute Gasteiger partial charge is 0.491 e. The highest BCUT2D eigenvalue weighted by atomic mass is 16.5. The van der Waals surface area contributed by atoms with Crippen molar-refractivity contribution in [3.63, 3.8) is 0 Å². The summed E-state index contributed by atoms with van der Waals surface area (Å²) >= 11 is 0. The molecule has 1 radical (unpaired) electrons. The minimum atomic E-state index is -1.43. The molecule has 0 aliphatic carbocycles. The van der Waals surface area contributed by atoms with E-state index in [0.717, 1.165) is 0 Å². The van der Waals surface area contributed by atoms with Gasteiger partial charge in [-0.2, -0.15) is 0 Å². The van der Waals surface area contributed by atoms with E-state index in [4.69, 9.17) is 29.6 Å². The van der Waals surface area contributed by atoms with Gasteiger partial charge in [-0.25, -0.2) is 0 Å². The summed E-state index contributed by atoms with van der Waals surface area (Å²) < 4.78 is 10.1. The fourth-order valence-corrected chi connectivity index (χ4v) is 0.979. The van der Waals surface area contributed by atoms with Gasteiger partial charge in [-0.05, 0) is 17.6 Å². The van der Waals surface area contributed by atoms with E-state index in [9.17, 15) is 0 Å². The molecule has 1 rings (SSSR count). The molecule has 0 saturated carbocycles. The van der Waals surface area contributed by atoms with Crippen LogP contribution in [0.3, 0.4) is 0 Å².